The van der Waals surface area contributed by atoms with Gasteiger partial charge in [0.2, 0.25) is 0 Å². The smallest absolute Gasteiger partial charge is 0.366 e. The van der Waals surface area contributed by atoms with Gasteiger partial charge in [0.05, 0.1) is 16.8 Å². The standard InChI is InChI=1S/C10H6F3N2O/c11-10(12,13)5-1-2-6-7(9(14)16)4-15-8(6)3-5/h1-4H,(H2,14,16). The second-order valence-electron chi connectivity index (χ2n) is 3.27. The normalized spacial score (nSPS) is 14.1. The lowest BCUT2D eigenvalue weighted by Crippen LogP contribution is -2.11. The van der Waals surface area contributed by atoms with Gasteiger partial charge >= 0.3 is 6.18 Å². The molecule has 0 fully saturated rings. The van der Waals surface area contributed by atoms with Crippen LogP contribution in [0.15, 0.2) is 24.4 Å². The maximum absolute atomic E-state index is 12.4. The zero-order valence-corrected chi connectivity index (χ0v) is 7.88. The van der Waals surface area contributed by atoms with E-state index in [0.29, 0.717) is 5.56 Å². The van der Waals surface area contributed by atoms with Crippen molar-refractivity contribution >= 4 is 17.2 Å². The number of hydrogen-bond acceptors (Lipinski definition) is 1. The first-order valence-electron chi connectivity index (χ1n) is 4.32. The van der Waals surface area contributed by atoms with Crippen molar-refractivity contribution in [2.24, 2.45) is 5.73 Å². The maximum Gasteiger partial charge on any atom is 0.416 e. The zero-order valence-electron chi connectivity index (χ0n) is 7.88. The first kappa shape index (κ1) is 10.5. The van der Waals surface area contributed by atoms with E-state index < -0.39 is 17.6 Å². The summed E-state index contributed by atoms with van der Waals surface area (Å²) in [5.41, 5.74) is 4.83. The van der Waals surface area contributed by atoms with E-state index in [1.54, 1.807) is 0 Å². The quantitative estimate of drug-likeness (QED) is 0.781. The molecule has 2 rings (SSSR count). The number of nitrogens with two attached hydrogens (primary N) is 1. The number of amides is 1. The van der Waals surface area contributed by atoms with Crippen LogP contribution in [0.5, 0.6) is 0 Å². The largest absolute Gasteiger partial charge is 0.416 e. The molecule has 0 bridgehead atoms. The third kappa shape index (κ3) is 1.62. The van der Waals surface area contributed by atoms with Crippen molar-refractivity contribution in [3.63, 3.8) is 0 Å². The molecule has 3 nitrogen and oxygen atoms in total. The van der Waals surface area contributed by atoms with Crippen molar-refractivity contribution in [3.05, 3.63) is 35.5 Å². The van der Waals surface area contributed by atoms with Gasteiger partial charge in [0.1, 0.15) is 0 Å². The van der Waals surface area contributed by atoms with E-state index in [4.69, 9.17) is 5.73 Å². The molecule has 1 aliphatic rings. The average Bonchev–Trinajstić information content (AvgIpc) is 2.58. The molecule has 0 aliphatic carbocycles. The predicted molar refractivity (Wildman–Crippen MR) is 50.4 cm³/mol. The summed E-state index contributed by atoms with van der Waals surface area (Å²) in [6.45, 7) is 0. The fourth-order valence-corrected chi connectivity index (χ4v) is 1.44. The Morgan fingerprint density at radius 2 is 2.00 bits per heavy atom. The van der Waals surface area contributed by atoms with Crippen LogP contribution in [0.4, 0.5) is 18.9 Å². The van der Waals surface area contributed by atoms with E-state index >= 15 is 0 Å². The SMILES string of the molecule is NC(=O)C1=C[N]c2cc(C(F)(F)F)ccc21. The Labute approximate surface area is 88.7 Å². The van der Waals surface area contributed by atoms with Gasteiger partial charge < -0.3 is 5.73 Å². The van der Waals surface area contributed by atoms with Gasteiger partial charge in [0, 0.05) is 11.8 Å². The van der Waals surface area contributed by atoms with Gasteiger partial charge in [-0.15, -0.1) is 0 Å². The molecule has 1 amide bonds. The van der Waals surface area contributed by atoms with E-state index in [2.05, 4.69) is 5.32 Å². The molecule has 2 N–H and O–H groups in total. The minimum atomic E-state index is -4.42. The summed E-state index contributed by atoms with van der Waals surface area (Å²) in [6, 6.07) is 2.99. The first-order valence-corrected chi connectivity index (χ1v) is 4.32. The molecule has 0 saturated heterocycles. The Bertz CT molecular complexity index is 491. The molecule has 6 heteroatoms. The van der Waals surface area contributed by atoms with Crippen LogP contribution in [0, 0.1) is 0 Å². The van der Waals surface area contributed by atoms with E-state index in [0.717, 1.165) is 12.1 Å². The number of alkyl halides is 3. The first-order chi connectivity index (χ1) is 7.39. The number of fused-ring (bicyclic) bond motifs is 1. The van der Waals surface area contributed by atoms with Gasteiger partial charge in [0.15, 0.2) is 0 Å². The number of primary amides is 1. The molecule has 1 aromatic carbocycles. The van der Waals surface area contributed by atoms with Gasteiger partial charge in [-0.05, 0) is 12.1 Å². The fraction of sp³-hybridized carbons (Fsp3) is 0.100. The van der Waals surface area contributed by atoms with Crippen LogP contribution in [-0.2, 0) is 11.0 Å². The zero-order chi connectivity index (χ0) is 11.9. The highest BCUT2D eigenvalue weighted by Crippen LogP contribution is 2.36. The van der Waals surface area contributed by atoms with Crippen LogP contribution in [0.2, 0.25) is 0 Å². The Morgan fingerprint density at radius 1 is 1.31 bits per heavy atom. The predicted octanol–water partition coefficient (Wildman–Crippen LogP) is 1.78. The van der Waals surface area contributed by atoms with Crippen LogP contribution in [0.1, 0.15) is 11.1 Å². The van der Waals surface area contributed by atoms with Crippen LogP contribution in [0.3, 0.4) is 0 Å². The molecule has 83 valence electrons. The highest BCUT2D eigenvalue weighted by molar-refractivity contribution is 6.21. The van der Waals surface area contributed by atoms with Crippen molar-refractivity contribution in [1.29, 1.82) is 0 Å². The highest BCUT2D eigenvalue weighted by atomic mass is 19.4. The molecular weight excluding hydrogens is 221 g/mol. The van der Waals surface area contributed by atoms with E-state index in [1.165, 1.54) is 12.3 Å². The number of rotatable bonds is 1. The molecule has 1 heterocycles. The number of carbonyl (C=O) groups is 1. The van der Waals surface area contributed by atoms with Crippen LogP contribution >= 0.6 is 0 Å². The Morgan fingerprint density at radius 3 is 2.56 bits per heavy atom. The van der Waals surface area contributed by atoms with Crippen molar-refractivity contribution in [2.45, 2.75) is 6.18 Å². The molecule has 1 aliphatic heterocycles. The molecule has 0 spiro atoms. The summed E-state index contributed by atoms with van der Waals surface area (Å²) < 4.78 is 37.1. The van der Waals surface area contributed by atoms with Crippen LogP contribution < -0.4 is 11.1 Å². The average molecular weight is 227 g/mol. The number of nitrogens with zero attached hydrogens (tertiary/aromatic N) is 1. The van der Waals surface area contributed by atoms with Gasteiger partial charge in [-0.2, -0.15) is 13.2 Å². The monoisotopic (exact) mass is 227 g/mol. The Hall–Kier alpha value is -1.98. The van der Waals surface area contributed by atoms with Crippen molar-refractivity contribution in [2.75, 3.05) is 0 Å². The van der Waals surface area contributed by atoms with E-state index in [9.17, 15) is 18.0 Å². The lowest BCUT2D eigenvalue weighted by Gasteiger charge is -2.08. The lowest BCUT2D eigenvalue weighted by atomic mass is 10.0. The second kappa shape index (κ2) is 3.26. The highest BCUT2D eigenvalue weighted by Gasteiger charge is 2.32. The molecular formula is C10H6F3N2O. The van der Waals surface area contributed by atoms with E-state index in [-0.39, 0.29) is 11.3 Å². The Kier molecular flexibility index (Phi) is 2.15. The third-order valence-electron chi connectivity index (χ3n) is 2.21. The molecule has 0 atom stereocenters. The molecule has 0 saturated carbocycles. The summed E-state index contributed by atoms with van der Waals surface area (Å²) in [4.78, 5) is 10.9. The fourth-order valence-electron chi connectivity index (χ4n) is 1.44. The van der Waals surface area contributed by atoms with Gasteiger partial charge in [-0.1, -0.05) is 6.07 Å². The van der Waals surface area contributed by atoms with Gasteiger partial charge in [-0.3, -0.25) is 10.1 Å². The number of hydrogen-bond donors (Lipinski definition) is 1. The topological polar surface area (TPSA) is 57.2 Å². The third-order valence-corrected chi connectivity index (χ3v) is 2.21. The maximum atomic E-state index is 12.4. The summed E-state index contributed by atoms with van der Waals surface area (Å²) >= 11 is 0. The number of benzene rings is 1. The lowest BCUT2D eigenvalue weighted by molar-refractivity contribution is -0.137. The summed E-state index contributed by atoms with van der Waals surface area (Å²) in [7, 11) is 0. The second-order valence-corrected chi connectivity index (χ2v) is 3.27. The molecule has 0 unspecified atom stereocenters. The van der Waals surface area contributed by atoms with Crippen LogP contribution in [0.25, 0.3) is 5.57 Å². The summed E-state index contributed by atoms with van der Waals surface area (Å²) in [6.07, 6.45) is -3.24. The molecule has 16 heavy (non-hydrogen) atoms. The summed E-state index contributed by atoms with van der Waals surface area (Å²) in [5, 5.41) is 3.71. The molecule has 1 radical (unpaired) electrons. The van der Waals surface area contributed by atoms with Gasteiger partial charge in [-0.25, -0.2) is 0 Å². The number of halogens is 3. The molecule has 0 aromatic heterocycles. The molecule has 1 aromatic rings. The van der Waals surface area contributed by atoms with Crippen molar-refractivity contribution in [3.8, 4) is 0 Å². The van der Waals surface area contributed by atoms with Crippen molar-refractivity contribution in [1.82, 2.24) is 5.32 Å². The van der Waals surface area contributed by atoms with Gasteiger partial charge in [0.25, 0.3) is 5.91 Å². The van der Waals surface area contributed by atoms with Crippen LogP contribution in [-0.4, -0.2) is 5.91 Å². The summed E-state index contributed by atoms with van der Waals surface area (Å²) in [5.74, 6) is -0.706. The Balaban J connectivity index is 2.44. The number of carbonyl (C=O) groups excluding carboxylic acids is 1. The minimum Gasteiger partial charge on any atom is -0.366 e. The minimum absolute atomic E-state index is 0.114. The van der Waals surface area contributed by atoms with E-state index in [1.807, 2.05) is 0 Å². The van der Waals surface area contributed by atoms with Crippen molar-refractivity contribution < 1.29 is 18.0 Å².